The lowest BCUT2D eigenvalue weighted by atomic mass is 9.99. The maximum atomic E-state index is 6.05. The van der Waals surface area contributed by atoms with E-state index in [9.17, 15) is 0 Å². The maximum Gasteiger partial charge on any atom is 0.155 e. The van der Waals surface area contributed by atoms with Gasteiger partial charge in [-0.05, 0) is 63.7 Å². The normalized spacial score (nSPS) is 21.8. The summed E-state index contributed by atoms with van der Waals surface area (Å²) in [4.78, 5) is 5.08. The van der Waals surface area contributed by atoms with E-state index in [1.165, 1.54) is 50.8 Å². The second-order valence-electron chi connectivity index (χ2n) is 6.38. The molecule has 0 aliphatic carbocycles. The molecule has 3 rings (SSSR count). The molecule has 0 spiro atoms. The topological polar surface area (TPSA) is 32.3 Å². The standard InChI is InChI=1S/C16H25ClN4/c1-12-13(2)16(19-18-15(12)17)21-10-6-14(7-11-21)20-8-4-3-5-9-20/h14H,3-11H2,1-2H3. The van der Waals surface area contributed by atoms with Crippen molar-refractivity contribution in [3.8, 4) is 0 Å². The molecule has 2 fully saturated rings. The zero-order valence-corrected chi connectivity index (χ0v) is 13.9. The fourth-order valence-electron chi connectivity index (χ4n) is 3.59. The fourth-order valence-corrected chi connectivity index (χ4v) is 3.77. The molecule has 0 unspecified atom stereocenters. The van der Waals surface area contributed by atoms with E-state index in [-0.39, 0.29) is 0 Å². The number of anilines is 1. The molecule has 5 heteroatoms. The van der Waals surface area contributed by atoms with E-state index in [1.54, 1.807) is 0 Å². The number of nitrogens with zero attached hydrogens (tertiary/aromatic N) is 4. The van der Waals surface area contributed by atoms with Crippen molar-refractivity contribution in [2.75, 3.05) is 31.1 Å². The molecule has 1 aromatic heterocycles. The molecule has 0 saturated carbocycles. The number of piperidine rings is 2. The first-order chi connectivity index (χ1) is 10.2. The van der Waals surface area contributed by atoms with Gasteiger partial charge in [0.15, 0.2) is 11.0 Å². The van der Waals surface area contributed by atoms with Gasteiger partial charge in [0, 0.05) is 19.1 Å². The van der Waals surface area contributed by atoms with Crippen LogP contribution in [0.3, 0.4) is 0 Å². The van der Waals surface area contributed by atoms with Gasteiger partial charge in [0.1, 0.15) is 0 Å². The molecular formula is C16H25ClN4. The summed E-state index contributed by atoms with van der Waals surface area (Å²) < 4.78 is 0. The van der Waals surface area contributed by atoms with Crippen LogP contribution in [0.1, 0.15) is 43.2 Å². The largest absolute Gasteiger partial charge is 0.355 e. The first-order valence-electron chi connectivity index (χ1n) is 8.15. The van der Waals surface area contributed by atoms with Crippen LogP contribution < -0.4 is 4.90 Å². The minimum absolute atomic E-state index is 0.527. The van der Waals surface area contributed by atoms with Gasteiger partial charge in [-0.3, -0.25) is 0 Å². The lowest BCUT2D eigenvalue weighted by molar-refractivity contribution is 0.141. The Morgan fingerprint density at radius 1 is 0.905 bits per heavy atom. The number of hydrogen-bond donors (Lipinski definition) is 0. The Balaban J connectivity index is 1.64. The predicted molar refractivity (Wildman–Crippen MR) is 87.2 cm³/mol. The van der Waals surface area contributed by atoms with Crippen molar-refractivity contribution in [1.29, 1.82) is 0 Å². The van der Waals surface area contributed by atoms with Crippen LogP contribution in [-0.4, -0.2) is 47.3 Å². The highest BCUT2D eigenvalue weighted by Crippen LogP contribution is 2.28. The summed E-state index contributed by atoms with van der Waals surface area (Å²) >= 11 is 6.05. The molecule has 0 amide bonds. The lowest BCUT2D eigenvalue weighted by Gasteiger charge is -2.40. The first kappa shape index (κ1) is 15.0. The van der Waals surface area contributed by atoms with E-state index < -0.39 is 0 Å². The highest BCUT2D eigenvalue weighted by molar-refractivity contribution is 6.30. The molecule has 0 aromatic carbocycles. The fraction of sp³-hybridized carbons (Fsp3) is 0.750. The summed E-state index contributed by atoms with van der Waals surface area (Å²) in [6, 6.07) is 0.767. The second kappa shape index (κ2) is 6.49. The third-order valence-electron chi connectivity index (χ3n) is 5.11. The molecule has 116 valence electrons. The van der Waals surface area contributed by atoms with Crippen molar-refractivity contribution >= 4 is 17.4 Å². The molecule has 2 aliphatic heterocycles. The van der Waals surface area contributed by atoms with E-state index in [1.807, 2.05) is 6.92 Å². The lowest BCUT2D eigenvalue weighted by Crippen LogP contribution is -2.47. The Bertz CT molecular complexity index is 491. The van der Waals surface area contributed by atoms with Gasteiger partial charge in [-0.1, -0.05) is 18.0 Å². The zero-order valence-electron chi connectivity index (χ0n) is 13.1. The number of hydrogen-bond acceptors (Lipinski definition) is 4. The molecule has 4 nitrogen and oxygen atoms in total. The highest BCUT2D eigenvalue weighted by atomic mass is 35.5. The quantitative estimate of drug-likeness (QED) is 0.840. The van der Waals surface area contributed by atoms with Gasteiger partial charge in [-0.15, -0.1) is 10.2 Å². The van der Waals surface area contributed by atoms with Crippen molar-refractivity contribution in [2.45, 2.75) is 52.0 Å². The monoisotopic (exact) mass is 308 g/mol. The van der Waals surface area contributed by atoms with Crippen molar-refractivity contribution < 1.29 is 0 Å². The molecule has 3 heterocycles. The summed E-state index contributed by atoms with van der Waals surface area (Å²) in [5.41, 5.74) is 2.23. The molecule has 2 aliphatic rings. The Hall–Kier alpha value is -0.870. The molecule has 0 bridgehead atoms. The van der Waals surface area contributed by atoms with E-state index in [0.29, 0.717) is 5.15 Å². The average molecular weight is 309 g/mol. The van der Waals surface area contributed by atoms with E-state index in [0.717, 1.165) is 30.5 Å². The van der Waals surface area contributed by atoms with Crippen LogP contribution in [0.25, 0.3) is 0 Å². The van der Waals surface area contributed by atoms with Crippen molar-refractivity contribution in [1.82, 2.24) is 15.1 Å². The van der Waals surface area contributed by atoms with Crippen LogP contribution in [-0.2, 0) is 0 Å². The summed E-state index contributed by atoms with van der Waals surface area (Å²) in [5.74, 6) is 1.02. The third-order valence-corrected chi connectivity index (χ3v) is 5.47. The van der Waals surface area contributed by atoms with Gasteiger partial charge in [0.25, 0.3) is 0 Å². The van der Waals surface area contributed by atoms with Gasteiger partial charge < -0.3 is 9.80 Å². The smallest absolute Gasteiger partial charge is 0.155 e. The minimum Gasteiger partial charge on any atom is -0.355 e. The average Bonchev–Trinajstić information content (AvgIpc) is 2.54. The molecule has 0 atom stereocenters. The number of rotatable bonds is 2. The highest BCUT2D eigenvalue weighted by Gasteiger charge is 2.27. The maximum absolute atomic E-state index is 6.05. The van der Waals surface area contributed by atoms with Crippen molar-refractivity contribution in [3.63, 3.8) is 0 Å². The zero-order chi connectivity index (χ0) is 14.8. The van der Waals surface area contributed by atoms with Crippen molar-refractivity contribution in [2.24, 2.45) is 0 Å². The Morgan fingerprint density at radius 2 is 1.57 bits per heavy atom. The Kier molecular flexibility index (Phi) is 4.65. The second-order valence-corrected chi connectivity index (χ2v) is 6.74. The summed E-state index contributed by atoms with van der Waals surface area (Å²) in [6.07, 6.45) is 6.64. The summed E-state index contributed by atoms with van der Waals surface area (Å²) in [5, 5.41) is 8.94. The Morgan fingerprint density at radius 3 is 2.24 bits per heavy atom. The molecule has 0 N–H and O–H groups in total. The van der Waals surface area contributed by atoms with Crippen LogP contribution >= 0.6 is 11.6 Å². The van der Waals surface area contributed by atoms with Crippen LogP contribution in [0.2, 0.25) is 5.15 Å². The molecule has 2 saturated heterocycles. The van der Waals surface area contributed by atoms with Crippen LogP contribution in [0, 0.1) is 13.8 Å². The van der Waals surface area contributed by atoms with E-state index in [4.69, 9.17) is 11.6 Å². The first-order valence-corrected chi connectivity index (χ1v) is 8.53. The number of likely N-dealkylation sites (tertiary alicyclic amines) is 1. The van der Waals surface area contributed by atoms with Gasteiger partial charge in [0.05, 0.1) is 0 Å². The summed E-state index contributed by atoms with van der Waals surface area (Å²) in [7, 11) is 0. The van der Waals surface area contributed by atoms with Crippen molar-refractivity contribution in [3.05, 3.63) is 16.3 Å². The third kappa shape index (κ3) is 3.16. The SMILES string of the molecule is Cc1c(Cl)nnc(N2CCC(N3CCCCC3)CC2)c1C. The molecule has 0 radical (unpaired) electrons. The molecule has 21 heavy (non-hydrogen) atoms. The van der Waals surface area contributed by atoms with Gasteiger partial charge >= 0.3 is 0 Å². The van der Waals surface area contributed by atoms with Crippen LogP contribution in [0.5, 0.6) is 0 Å². The predicted octanol–water partition coefficient (Wildman–Crippen LogP) is 3.20. The summed E-state index contributed by atoms with van der Waals surface area (Å²) in [6.45, 7) is 8.88. The number of aromatic nitrogens is 2. The van der Waals surface area contributed by atoms with Crippen LogP contribution in [0.15, 0.2) is 0 Å². The molecular weight excluding hydrogens is 284 g/mol. The number of halogens is 1. The van der Waals surface area contributed by atoms with Gasteiger partial charge in [-0.2, -0.15) is 0 Å². The molecule has 1 aromatic rings. The van der Waals surface area contributed by atoms with E-state index in [2.05, 4.69) is 26.9 Å². The Labute approximate surface area is 132 Å². The van der Waals surface area contributed by atoms with Gasteiger partial charge in [0.2, 0.25) is 0 Å². The van der Waals surface area contributed by atoms with E-state index >= 15 is 0 Å². The minimum atomic E-state index is 0.527. The van der Waals surface area contributed by atoms with Gasteiger partial charge in [-0.25, -0.2) is 0 Å². The van der Waals surface area contributed by atoms with Crippen LogP contribution in [0.4, 0.5) is 5.82 Å².